The molecule has 1 saturated heterocycles. The molecule has 3 nitrogen and oxygen atoms in total. The molecule has 1 fully saturated rings. The minimum atomic E-state index is 0.418. The van der Waals surface area contributed by atoms with Crippen LogP contribution in [0.4, 0.5) is 0 Å². The number of hydrogen-bond acceptors (Lipinski definition) is 2. The molecule has 0 spiro atoms. The monoisotopic (exact) mass is 272 g/mol. The van der Waals surface area contributed by atoms with Gasteiger partial charge in [-0.25, -0.2) is 0 Å². The number of hydrogen-bond donors (Lipinski definition) is 1. The van der Waals surface area contributed by atoms with E-state index in [9.17, 15) is 0 Å². The van der Waals surface area contributed by atoms with Crippen molar-refractivity contribution < 1.29 is 4.74 Å². The Labute approximate surface area is 117 Å². The number of likely N-dealkylation sites (tertiary alicyclic amines) is 1. The minimum Gasteiger partial charge on any atom is -0.383 e. The van der Waals surface area contributed by atoms with Crippen LogP contribution < -0.4 is 5.32 Å². The van der Waals surface area contributed by atoms with Crippen LogP contribution in [0.5, 0.6) is 0 Å². The van der Waals surface area contributed by atoms with Crippen molar-refractivity contribution in [2.45, 2.75) is 40.0 Å². The van der Waals surface area contributed by atoms with Crippen molar-refractivity contribution in [2.75, 3.05) is 33.4 Å². The molecule has 0 aromatic carbocycles. The summed E-state index contributed by atoms with van der Waals surface area (Å²) in [6.07, 6.45) is 3.81. The van der Waals surface area contributed by atoms with Gasteiger partial charge in [-0.15, -0.1) is 0 Å². The summed E-state index contributed by atoms with van der Waals surface area (Å²) in [4.78, 5) is 2.32. The lowest BCUT2D eigenvalue weighted by Gasteiger charge is -2.30. The number of methoxy groups -OCH3 is 1. The van der Waals surface area contributed by atoms with Crippen molar-refractivity contribution in [3.63, 3.8) is 0 Å². The lowest BCUT2D eigenvalue weighted by atomic mass is 9.77. The first-order chi connectivity index (χ1) is 8.45. The summed E-state index contributed by atoms with van der Waals surface area (Å²) in [6, 6.07) is 0. The van der Waals surface area contributed by atoms with Crippen LogP contribution in [0.1, 0.15) is 40.0 Å². The maximum Gasteiger partial charge on any atom is 0.169 e. The fourth-order valence-corrected chi connectivity index (χ4v) is 2.82. The van der Waals surface area contributed by atoms with E-state index in [0.717, 1.165) is 30.7 Å². The molecule has 4 heteroatoms. The van der Waals surface area contributed by atoms with E-state index in [4.69, 9.17) is 17.0 Å². The van der Waals surface area contributed by atoms with Crippen LogP contribution in [0, 0.1) is 11.3 Å². The second kappa shape index (κ2) is 7.29. The Bertz CT molecular complexity index is 263. The van der Waals surface area contributed by atoms with Crippen molar-refractivity contribution >= 4 is 17.3 Å². The summed E-state index contributed by atoms with van der Waals surface area (Å²) in [5.41, 5.74) is 0.418. The zero-order chi connectivity index (χ0) is 13.6. The summed E-state index contributed by atoms with van der Waals surface area (Å²) in [6.45, 7) is 10.7. The average molecular weight is 272 g/mol. The number of nitrogens with zero attached hydrogens (tertiary/aromatic N) is 1. The van der Waals surface area contributed by atoms with Crippen molar-refractivity contribution in [3.8, 4) is 0 Å². The highest BCUT2D eigenvalue weighted by molar-refractivity contribution is 7.80. The van der Waals surface area contributed by atoms with Gasteiger partial charge in [0.25, 0.3) is 0 Å². The highest BCUT2D eigenvalue weighted by atomic mass is 32.1. The maximum atomic E-state index is 5.44. The Balaban J connectivity index is 2.39. The maximum absolute atomic E-state index is 5.44. The Morgan fingerprint density at radius 3 is 2.67 bits per heavy atom. The van der Waals surface area contributed by atoms with Crippen LogP contribution >= 0.6 is 12.2 Å². The number of nitrogens with one attached hydrogen (secondary N) is 1. The summed E-state index contributed by atoms with van der Waals surface area (Å²) in [5.74, 6) is 0.810. The van der Waals surface area contributed by atoms with Gasteiger partial charge in [-0.3, -0.25) is 0 Å². The largest absolute Gasteiger partial charge is 0.383 e. The predicted molar refractivity (Wildman–Crippen MR) is 80.8 cm³/mol. The first-order valence-corrected chi connectivity index (χ1v) is 7.37. The summed E-state index contributed by atoms with van der Waals surface area (Å²) >= 11 is 5.44. The van der Waals surface area contributed by atoms with Gasteiger partial charge >= 0.3 is 0 Å². The van der Waals surface area contributed by atoms with Crippen molar-refractivity contribution in [2.24, 2.45) is 11.3 Å². The van der Waals surface area contributed by atoms with E-state index in [1.807, 2.05) is 0 Å². The van der Waals surface area contributed by atoms with Crippen LogP contribution in [-0.2, 0) is 4.74 Å². The molecule has 1 aliphatic rings. The Morgan fingerprint density at radius 2 is 2.06 bits per heavy atom. The van der Waals surface area contributed by atoms with Crippen LogP contribution in [0.25, 0.3) is 0 Å². The third kappa shape index (κ3) is 5.11. The molecule has 0 aliphatic carbocycles. The molecule has 0 radical (unpaired) electrons. The molecule has 0 aromatic heterocycles. The van der Waals surface area contributed by atoms with Crippen LogP contribution in [0.3, 0.4) is 0 Å². The SMILES string of the molecule is COCCNC(=S)N1CCCC(C(C)(C)C)CC1. The molecular weight excluding hydrogens is 244 g/mol. The highest BCUT2D eigenvalue weighted by Crippen LogP contribution is 2.34. The summed E-state index contributed by atoms with van der Waals surface area (Å²) in [7, 11) is 1.71. The zero-order valence-electron chi connectivity index (χ0n) is 12.3. The van der Waals surface area contributed by atoms with Gasteiger partial charge in [0.15, 0.2) is 5.11 Å². The molecule has 0 amide bonds. The van der Waals surface area contributed by atoms with E-state index in [0.29, 0.717) is 12.0 Å². The fraction of sp³-hybridized carbons (Fsp3) is 0.929. The van der Waals surface area contributed by atoms with Crippen molar-refractivity contribution in [3.05, 3.63) is 0 Å². The van der Waals surface area contributed by atoms with Gasteiger partial charge in [-0.1, -0.05) is 20.8 Å². The molecule has 1 unspecified atom stereocenters. The molecule has 0 bridgehead atoms. The molecule has 18 heavy (non-hydrogen) atoms. The summed E-state index contributed by atoms with van der Waals surface area (Å²) in [5, 5.41) is 4.16. The molecule has 0 aromatic rings. The molecule has 1 atom stereocenters. The molecule has 1 aliphatic heterocycles. The smallest absolute Gasteiger partial charge is 0.169 e. The average Bonchev–Trinajstić information content (AvgIpc) is 2.54. The molecule has 1 N–H and O–H groups in total. The van der Waals surface area contributed by atoms with Gasteiger partial charge in [0.05, 0.1) is 6.61 Å². The van der Waals surface area contributed by atoms with E-state index < -0.39 is 0 Å². The van der Waals surface area contributed by atoms with Crippen LogP contribution in [-0.4, -0.2) is 43.4 Å². The van der Waals surface area contributed by atoms with E-state index in [2.05, 4.69) is 31.0 Å². The van der Waals surface area contributed by atoms with E-state index in [-0.39, 0.29) is 0 Å². The molecular formula is C14H28N2OS. The lowest BCUT2D eigenvalue weighted by molar-refractivity contribution is 0.202. The number of ether oxygens (including phenoxy) is 1. The fourth-order valence-electron chi connectivity index (χ4n) is 2.54. The van der Waals surface area contributed by atoms with E-state index in [1.165, 1.54) is 19.3 Å². The minimum absolute atomic E-state index is 0.418. The highest BCUT2D eigenvalue weighted by Gasteiger charge is 2.27. The van der Waals surface area contributed by atoms with E-state index in [1.54, 1.807) is 7.11 Å². The predicted octanol–water partition coefficient (Wildman–Crippen LogP) is 2.66. The first-order valence-electron chi connectivity index (χ1n) is 6.97. The first kappa shape index (κ1) is 15.7. The van der Waals surface area contributed by atoms with Gasteiger partial charge in [0.1, 0.15) is 0 Å². The molecule has 1 heterocycles. The van der Waals surface area contributed by atoms with Crippen LogP contribution in [0.15, 0.2) is 0 Å². The normalized spacial score (nSPS) is 21.6. The van der Waals surface area contributed by atoms with Crippen molar-refractivity contribution in [1.29, 1.82) is 0 Å². The third-order valence-electron chi connectivity index (χ3n) is 3.82. The molecule has 0 saturated carbocycles. The second-order valence-electron chi connectivity index (χ2n) is 6.21. The molecule has 1 rings (SSSR count). The van der Waals surface area contributed by atoms with Gasteiger partial charge < -0.3 is 15.0 Å². The quantitative estimate of drug-likeness (QED) is 0.630. The van der Waals surface area contributed by atoms with Gasteiger partial charge in [0, 0.05) is 26.7 Å². The number of thiocarbonyl (C=S) groups is 1. The van der Waals surface area contributed by atoms with Gasteiger partial charge in [0.2, 0.25) is 0 Å². The lowest BCUT2D eigenvalue weighted by Crippen LogP contribution is -2.41. The standard InChI is InChI=1S/C14H28N2OS/c1-14(2,3)12-6-5-9-16(10-7-12)13(18)15-8-11-17-4/h12H,5-11H2,1-4H3,(H,15,18). The third-order valence-corrected chi connectivity index (χ3v) is 4.23. The number of rotatable bonds is 3. The van der Waals surface area contributed by atoms with Crippen LogP contribution in [0.2, 0.25) is 0 Å². The topological polar surface area (TPSA) is 24.5 Å². The zero-order valence-corrected chi connectivity index (χ0v) is 13.1. The second-order valence-corrected chi connectivity index (χ2v) is 6.59. The Kier molecular flexibility index (Phi) is 6.36. The van der Waals surface area contributed by atoms with E-state index >= 15 is 0 Å². The van der Waals surface area contributed by atoms with Crippen molar-refractivity contribution in [1.82, 2.24) is 10.2 Å². The van der Waals surface area contributed by atoms with Gasteiger partial charge in [-0.2, -0.15) is 0 Å². The Morgan fingerprint density at radius 1 is 1.33 bits per heavy atom. The Hall–Kier alpha value is -0.350. The van der Waals surface area contributed by atoms with Gasteiger partial charge in [-0.05, 0) is 42.8 Å². The molecule has 106 valence electrons. The summed E-state index contributed by atoms with van der Waals surface area (Å²) < 4.78 is 5.03.